The molecule has 2 aromatic rings. The van der Waals surface area contributed by atoms with E-state index in [2.05, 4.69) is 21.6 Å². The fourth-order valence-electron chi connectivity index (χ4n) is 1.41. The average Bonchev–Trinajstić information content (AvgIpc) is 2.87. The highest BCUT2D eigenvalue weighted by atomic mass is 32.1. The fourth-order valence-corrected chi connectivity index (χ4v) is 1.92. The maximum absolute atomic E-state index is 10.0. The topological polar surface area (TPSA) is 63.8 Å². The number of aliphatic hydroxyl groups is 1. The van der Waals surface area contributed by atoms with Crippen molar-refractivity contribution in [3.8, 4) is 0 Å². The van der Waals surface area contributed by atoms with Gasteiger partial charge in [-0.1, -0.05) is 11.4 Å². The summed E-state index contributed by atoms with van der Waals surface area (Å²) in [4.78, 5) is 0.743. The molecule has 1 N–H and O–H groups in total. The van der Waals surface area contributed by atoms with Crippen LogP contribution in [0.5, 0.6) is 0 Å². The molecule has 5 nitrogen and oxygen atoms in total. The Hall–Kier alpha value is -1.27. The molecular formula is C9H12N4OS. The van der Waals surface area contributed by atoms with Crippen LogP contribution in [0.2, 0.25) is 0 Å². The van der Waals surface area contributed by atoms with Crippen LogP contribution in [0, 0.1) is 0 Å². The summed E-state index contributed by atoms with van der Waals surface area (Å²) in [5.74, 6) is 0. The minimum atomic E-state index is -0.668. The Morgan fingerprint density at radius 2 is 2.47 bits per heavy atom. The van der Waals surface area contributed by atoms with Gasteiger partial charge in [0.1, 0.15) is 6.10 Å². The standard InChI is InChI=1S/C9H12N4OS/c1-2-5-13-7(3-4-11-13)9(14)8-6-10-12-15-8/h3-4,6,9,14H,2,5H2,1H3. The fraction of sp³-hybridized carbons (Fsp3) is 0.444. The third-order valence-electron chi connectivity index (χ3n) is 2.11. The van der Waals surface area contributed by atoms with Crippen molar-refractivity contribution in [2.45, 2.75) is 26.0 Å². The third-order valence-corrected chi connectivity index (χ3v) is 2.83. The molecule has 80 valence electrons. The highest BCUT2D eigenvalue weighted by Gasteiger charge is 2.16. The second-order valence-electron chi connectivity index (χ2n) is 3.20. The molecule has 1 atom stereocenters. The van der Waals surface area contributed by atoms with E-state index >= 15 is 0 Å². The first kappa shape index (κ1) is 10.3. The first-order valence-corrected chi connectivity index (χ1v) is 5.57. The molecule has 15 heavy (non-hydrogen) atoms. The number of aromatic nitrogens is 4. The number of hydrogen-bond donors (Lipinski definition) is 1. The molecule has 0 spiro atoms. The molecule has 1 unspecified atom stereocenters. The zero-order valence-electron chi connectivity index (χ0n) is 8.37. The summed E-state index contributed by atoms with van der Waals surface area (Å²) < 4.78 is 5.54. The molecule has 2 heterocycles. The van der Waals surface area contributed by atoms with Crippen LogP contribution in [0.4, 0.5) is 0 Å². The van der Waals surface area contributed by atoms with Gasteiger partial charge in [0, 0.05) is 12.7 Å². The van der Waals surface area contributed by atoms with Crippen molar-refractivity contribution in [1.82, 2.24) is 19.4 Å². The molecule has 0 amide bonds. The molecule has 2 aromatic heterocycles. The lowest BCUT2D eigenvalue weighted by molar-refractivity contribution is 0.211. The van der Waals surface area contributed by atoms with E-state index in [1.54, 1.807) is 12.4 Å². The van der Waals surface area contributed by atoms with Crippen molar-refractivity contribution in [2.24, 2.45) is 0 Å². The summed E-state index contributed by atoms with van der Waals surface area (Å²) in [6.45, 7) is 2.89. The van der Waals surface area contributed by atoms with E-state index in [1.165, 1.54) is 11.5 Å². The Kier molecular flexibility index (Phi) is 3.08. The molecule has 0 aromatic carbocycles. The summed E-state index contributed by atoms with van der Waals surface area (Å²) in [5.41, 5.74) is 0.794. The van der Waals surface area contributed by atoms with Gasteiger partial charge >= 0.3 is 0 Å². The maximum Gasteiger partial charge on any atom is 0.133 e. The molecule has 0 radical (unpaired) electrons. The third kappa shape index (κ3) is 2.05. The van der Waals surface area contributed by atoms with E-state index in [1.807, 2.05) is 10.7 Å². The van der Waals surface area contributed by atoms with Crippen LogP contribution in [0.3, 0.4) is 0 Å². The van der Waals surface area contributed by atoms with Crippen LogP contribution in [0.25, 0.3) is 0 Å². The number of aliphatic hydroxyl groups excluding tert-OH is 1. The van der Waals surface area contributed by atoms with Gasteiger partial charge in [-0.05, 0) is 24.0 Å². The van der Waals surface area contributed by atoms with E-state index in [0.29, 0.717) is 0 Å². The molecular weight excluding hydrogens is 212 g/mol. The molecule has 0 aliphatic heterocycles. The van der Waals surface area contributed by atoms with Crippen molar-refractivity contribution >= 4 is 11.5 Å². The zero-order valence-corrected chi connectivity index (χ0v) is 9.18. The van der Waals surface area contributed by atoms with Gasteiger partial charge in [-0.3, -0.25) is 4.68 Å². The van der Waals surface area contributed by atoms with Gasteiger partial charge in [0.2, 0.25) is 0 Å². The smallest absolute Gasteiger partial charge is 0.133 e. The number of aryl methyl sites for hydroxylation is 1. The minimum absolute atomic E-state index is 0.668. The van der Waals surface area contributed by atoms with Crippen molar-refractivity contribution < 1.29 is 5.11 Å². The summed E-state index contributed by atoms with van der Waals surface area (Å²) in [7, 11) is 0. The van der Waals surface area contributed by atoms with Crippen molar-refractivity contribution in [3.05, 3.63) is 29.0 Å². The SMILES string of the molecule is CCCn1nccc1C(O)c1cnns1. The molecule has 0 aliphatic carbocycles. The zero-order chi connectivity index (χ0) is 10.7. The highest BCUT2D eigenvalue weighted by Crippen LogP contribution is 2.23. The summed E-state index contributed by atoms with van der Waals surface area (Å²) >= 11 is 1.20. The van der Waals surface area contributed by atoms with E-state index in [0.717, 1.165) is 23.5 Å². The van der Waals surface area contributed by atoms with Gasteiger partial charge in [0.25, 0.3) is 0 Å². The highest BCUT2D eigenvalue weighted by molar-refractivity contribution is 7.05. The molecule has 0 saturated heterocycles. The molecule has 0 bridgehead atoms. The first-order chi connectivity index (χ1) is 7.33. The lowest BCUT2D eigenvalue weighted by atomic mass is 10.2. The van der Waals surface area contributed by atoms with Gasteiger partial charge in [0.05, 0.1) is 16.8 Å². The number of rotatable bonds is 4. The predicted molar refractivity (Wildman–Crippen MR) is 56.5 cm³/mol. The van der Waals surface area contributed by atoms with Gasteiger partial charge < -0.3 is 5.11 Å². The van der Waals surface area contributed by atoms with Crippen LogP contribution in [0.1, 0.15) is 30.0 Å². The summed E-state index contributed by atoms with van der Waals surface area (Å²) in [6.07, 6.45) is 3.60. The second-order valence-corrected chi connectivity index (χ2v) is 4.02. The molecule has 6 heteroatoms. The van der Waals surface area contributed by atoms with Crippen molar-refractivity contribution in [3.63, 3.8) is 0 Å². The van der Waals surface area contributed by atoms with Crippen molar-refractivity contribution in [1.29, 1.82) is 0 Å². The predicted octanol–water partition coefficient (Wildman–Crippen LogP) is 1.23. The Labute approximate surface area is 91.5 Å². The van der Waals surface area contributed by atoms with Gasteiger partial charge in [0.15, 0.2) is 0 Å². The number of hydrogen-bond acceptors (Lipinski definition) is 5. The first-order valence-electron chi connectivity index (χ1n) is 4.80. The quantitative estimate of drug-likeness (QED) is 0.848. The Bertz CT molecular complexity index is 411. The van der Waals surface area contributed by atoms with Gasteiger partial charge in [-0.25, -0.2) is 0 Å². The van der Waals surface area contributed by atoms with Gasteiger partial charge in [-0.2, -0.15) is 5.10 Å². The van der Waals surface area contributed by atoms with Crippen molar-refractivity contribution in [2.75, 3.05) is 0 Å². The van der Waals surface area contributed by atoms with Gasteiger partial charge in [-0.15, -0.1) is 5.10 Å². The van der Waals surface area contributed by atoms with Crippen LogP contribution in [-0.4, -0.2) is 24.5 Å². The van der Waals surface area contributed by atoms with Crippen LogP contribution >= 0.6 is 11.5 Å². The van der Waals surface area contributed by atoms with E-state index in [-0.39, 0.29) is 0 Å². The second kappa shape index (κ2) is 4.50. The van der Waals surface area contributed by atoms with E-state index < -0.39 is 6.10 Å². The summed E-state index contributed by atoms with van der Waals surface area (Å²) in [5, 5.41) is 17.9. The Morgan fingerprint density at radius 3 is 3.13 bits per heavy atom. The summed E-state index contributed by atoms with van der Waals surface area (Å²) in [6, 6.07) is 1.82. The Balaban J connectivity index is 2.25. The molecule has 0 fully saturated rings. The lowest BCUT2D eigenvalue weighted by Crippen LogP contribution is -2.09. The van der Waals surface area contributed by atoms with E-state index in [9.17, 15) is 5.11 Å². The van der Waals surface area contributed by atoms with Crippen LogP contribution < -0.4 is 0 Å². The Morgan fingerprint density at radius 1 is 1.60 bits per heavy atom. The molecule has 2 rings (SSSR count). The van der Waals surface area contributed by atoms with Crippen LogP contribution in [-0.2, 0) is 6.54 Å². The lowest BCUT2D eigenvalue weighted by Gasteiger charge is -2.10. The van der Waals surface area contributed by atoms with E-state index in [4.69, 9.17) is 0 Å². The molecule has 0 aliphatic rings. The minimum Gasteiger partial charge on any atom is -0.381 e. The monoisotopic (exact) mass is 224 g/mol. The average molecular weight is 224 g/mol. The number of nitrogens with zero attached hydrogens (tertiary/aromatic N) is 4. The largest absolute Gasteiger partial charge is 0.381 e. The molecule has 0 saturated carbocycles. The normalized spacial score (nSPS) is 12.9. The van der Waals surface area contributed by atoms with Crippen LogP contribution in [0.15, 0.2) is 18.5 Å². The maximum atomic E-state index is 10.0.